The first kappa shape index (κ1) is 14.0. The Labute approximate surface area is 105 Å². The number of hydrogen-bond donors (Lipinski definition) is 1. The van der Waals surface area contributed by atoms with Crippen molar-refractivity contribution in [2.24, 2.45) is 0 Å². The second-order valence-electron chi connectivity index (χ2n) is 4.61. The van der Waals surface area contributed by atoms with Gasteiger partial charge in [0.2, 0.25) is 0 Å². The van der Waals surface area contributed by atoms with Crippen molar-refractivity contribution in [2.75, 3.05) is 26.0 Å². The first-order valence-corrected chi connectivity index (χ1v) is 6.21. The van der Waals surface area contributed by atoms with E-state index in [0.717, 1.165) is 31.8 Å². The Morgan fingerprint density at radius 1 is 1.29 bits per heavy atom. The lowest BCUT2D eigenvalue weighted by Crippen LogP contribution is -2.32. The lowest BCUT2D eigenvalue weighted by Gasteiger charge is -2.27. The molecule has 0 radical (unpaired) electrons. The predicted octanol–water partition coefficient (Wildman–Crippen LogP) is 2.52. The highest BCUT2D eigenvalue weighted by molar-refractivity contribution is 5.46. The van der Waals surface area contributed by atoms with Crippen molar-refractivity contribution in [1.82, 2.24) is 4.90 Å². The highest BCUT2D eigenvalue weighted by Crippen LogP contribution is 2.15. The molecule has 17 heavy (non-hydrogen) atoms. The zero-order chi connectivity index (χ0) is 12.7. The van der Waals surface area contributed by atoms with Gasteiger partial charge in [-0.1, -0.05) is 18.2 Å². The molecule has 0 bridgehead atoms. The molecule has 0 amide bonds. The monoisotopic (exact) mass is 236 g/mol. The van der Waals surface area contributed by atoms with E-state index in [1.165, 1.54) is 5.56 Å². The number of nitrogens with zero attached hydrogens (tertiary/aromatic N) is 1. The van der Waals surface area contributed by atoms with Crippen molar-refractivity contribution in [3.8, 4) is 0 Å². The molecule has 0 atom stereocenters. The van der Waals surface area contributed by atoms with E-state index in [-0.39, 0.29) is 0 Å². The summed E-state index contributed by atoms with van der Waals surface area (Å²) in [6.45, 7) is 7.19. The summed E-state index contributed by atoms with van der Waals surface area (Å²) >= 11 is 0. The van der Waals surface area contributed by atoms with E-state index in [1.54, 1.807) is 7.11 Å². The van der Waals surface area contributed by atoms with Gasteiger partial charge in [0.15, 0.2) is 0 Å². The highest BCUT2D eigenvalue weighted by atomic mass is 16.5. The van der Waals surface area contributed by atoms with Gasteiger partial charge in [-0.15, -0.1) is 0 Å². The van der Waals surface area contributed by atoms with E-state index in [0.29, 0.717) is 6.04 Å². The summed E-state index contributed by atoms with van der Waals surface area (Å²) in [6.07, 6.45) is 1.06. The summed E-state index contributed by atoms with van der Waals surface area (Å²) < 4.78 is 5.09. The van der Waals surface area contributed by atoms with Crippen LogP contribution in [0.3, 0.4) is 0 Å². The van der Waals surface area contributed by atoms with Gasteiger partial charge in [-0.05, 0) is 31.9 Å². The zero-order valence-electron chi connectivity index (χ0n) is 11.1. The van der Waals surface area contributed by atoms with Crippen LogP contribution in [-0.2, 0) is 11.3 Å². The molecule has 2 N–H and O–H groups in total. The van der Waals surface area contributed by atoms with E-state index in [4.69, 9.17) is 10.5 Å². The Bertz CT molecular complexity index is 326. The van der Waals surface area contributed by atoms with E-state index in [9.17, 15) is 0 Å². The molecule has 3 heteroatoms. The molecular formula is C14H24N2O. The lowest BCUT2D eigenvalue weighted by molar-refractivity contribution is 0.154. The van der Waals surface area contributed by atoms with Crippen molar-refractivity contribution in [3.05, 3.63) is 29.8 Å². The Morgan fingerprint density at radius 2 is 2.00 bits per heavy atom. The van der Waals surface area contributed by atoms with Gasteiger partial charge >= 0.3 is 0 Å². The topological polar surface area (TPSA) is 38.5 Å². The smallest absolute Gasteiger partial charge is 0.0474 e. The molecule has 0 saturated heterocycles. The molecule has 0 unspecified atom stereocenters. The minimum Gasteiger partial charge on any atom is -0.398 e. The van der Waals surface area contributed by atoms with Gasteiger partial charge in [-0.3, -0.25) is 4.90 Å². The van der Waals surface area contributed by atoms with Gasteiger partial charge in [0.05, 0.1) is 0 Å². The minimum absolute atomic E-state index is 0.520. The van der Waals surface area contributed by atoms with Gasteiger partial charge in [0.25, 0.3) is 0 Å². The molecule has 0 aliphatic carbocycles. The number of nitrogens with two attached hydrogens (primary N) is 1. The number of rotatable bonds is 7. The number of para-hydroxylation sites is 1. The van der Waals surface area contributed by atoms with Gasteiger partial charge in [-0.2, -0.15) is 0 Å². The number of hydrogen-bond acceptors (Lipinski definition) is 3. The maximum Gasteiger partial charge on any atom is 0.0474 e. The molecule has 0 aromatic heterocycles. The highest BCUT2D eigenvalue weighted by Gasteiger charge is 2.10. The summed E-state index contributed by atoms with van der Waals surface area (Å²) in [5, 5.41) is 0. The Morgan fingerprint density at radius 3 is 2.59 bits per heavy atom. The Balaban J connectivity index is 2.57. The van der Waals surface area contributed by atoms with Crippen LogP contribution in [0.1, 0.15) is 25.8 Å². The van der Waals surface area contributed by atoms with Crippen molar-refractivity contribution < 1.29 is 4.74 Å². The van der Waals surface area contributed by atoms with Crippen LogP contribution in [0.4, 0.5) is 5.69 Å². The SMILES string of the molecule is COCCCN(Cc1ccccc1N)C(C)C. The lowest BCUT2D eigenvalue weighted by atomic mass is 10.1. The summed E-state index contributed by atoms with van der Waals surface area (Å²) in [7, 11) is 1.74. The predicted molar refractivity (Wildman–Crippen MR) is 72.9 cm³/mol. The molecule has 3 nitrogen and oxygen atoms in total. The summed E-state index contributed by atoms with van der Waals surface area (Å²) in [5.41, 5.74) is 8.06. The van der Waals surface area contributed by atoms with Crippen LogP contribution in [0.2, 0.25) is 0 Å². The average molecular weight is 236 g/mol. The summed E-state index contributed by atoms with van der Waals surface area (Å²) in [5.74, 6) is 0. The third-order valence-corrected chi connectivity index (χ3v) is 2.95. The van der Waals surface area contributed by atoms with Crippen LogP contribution < -0.4 is 5.73 Å². The van der Waals surface area contributed by atoms with Crippen molar-refractivity contribution in [2.45, 2.75) is 32.9 Å². The normalized spacial score (nSPS) is 11.4. The van der Waals surface area contributed by atoms with Crippen LogP contribution in [0, 0.1) is 0 Å². The fourth-order valence-corrected chi connectivity index (χ4v) is 1.83. The summed E-state index contributed by atoms with van der Waals surface area (Å²) in [6, 6.07) is 8.60. The standard InChI is InChI=1S/C14H24N2O/c1-12(2)16(9-6-10-17-3)11-13-7-4-5-8-14(13)15/h4-5,7-8,12H,6,9-11,15H2,1-3H3. The van der Waals surface area contributed by atoms with Crippen molar-refractivity contribution >= 4 is 5.69 Å². The maximum atomic E-state index is 5.97. The number of ether oxygens (including phenoxy) is 1. The molecule has 1 rings (SSSR count). The number of benzene rings is 1. The molecular weight excluding hydrogens is 212 g/mol. The largest absolute Gasteiger partial charge is 0.398 e. The van der Waals surface area contributed by atoms with Gasteiger partial charge in [0.1, 0.15) is 0 Å². The molecule has 0 heterocycles. The minimum atomic E-state index is 0.520. The van der Waals surface area contributed by atoms with Gasteiger partial charge < -0.3 is 10.5 Å². The van der Waals surface area contributed by atoms with E-state index >= 15 is 0 Å². The van der Waals surface area contributed by atoms with Crippen LogP contribution in [-0.4, -0.2) is 31.2 Å². The Kier molecular flexibility index (Phi) is 6.01. The van der Waals surface area contributed by atoms with Crippen LogP contribution >= 0.6 is 0 Å². The third-order valence-electron chi connectivity index (χ3n) is 2.95. The molecule has 0 spiro atoms. The molecule has 0 saturated carbocycles. The second kappa shape index (κ2) is 7.30. The van der Waals surface area contributed by atoms with Crippen molar-refractivity contribution in [1.29, 1.82) is 0 Å². The molecule has 0 aliphatic rings. The quantitative estimate of drug-likeness (QED) is 0.584. The number of anilines is 1. The van der Waals surface area contributed by atoms with Crippen LogP contribution in [0.15, 0.2) is 24.3 Å². The molecule has 1 aromatic carbocycles. The number of nitrogen functional groups attached to an aromatic ring is 1. The summed E-state index contributed by atoms with van der Waals surface area (Å²) in [4.78, 5) is 2.42. The molecule has 1 aromatic rings. The van der Waals surface area contributed by atoms with Crippen LogP contribution in [0.25, 0.3) is 0 Å². The average Bonchev–Trinajstić information content (AvgIpc) is 2.30. The zero-order valence-corrected chi connectivity index (χ0v) is 11.1. The third kappa shape index (κ3) is 4.75. The van der Waals surface area contributed by atoms with Gasteiger partial charge in [0, 0.05) is 38.5 Å². The number of methoxy groups -OCH3 is 1. The van der Waals surface area contributed by atoms with Crippen LogP contribution in [0.5, 0.6) is 0 Å². The van der Waals surface area contributed by atoms with E-state index in [1.807, 2.05) is 18.2 Å². The molecule has 0 aliphatic heterocycles. The van der Waals surface area contributed by atoms with Crippen molar-refractivity contribution in [3.63, 3.8) is 0 Å². The van der Waals surface area contributed by atoms with Gasteiger partial charge in [-0.25, -0.2) is 0 Å². The first-order valence-electron chi connectivity index (χ1n) is 6.21. The first-order chi connectivity index (χ1) is 8.15. The Hall–Kier alpha value is -1.06. The molecule has 0 fully saturated rings. The van der Waals surface area contributed by atoms with E-state index in [2.05, 4.69) is 24.8 Å². The fourth-order valence-electron chi connectivity index (χ4n) is 1.83. The van der Waals surface area contributed by atoms with E-state index < -0.39 is 0 Å². The second-order valence-corrected chi connectivity index (χ2v) is 4.61. The fraction of sp³-hybridized carbons (Fsp3) is 0.571. The molecule has 96 valence electrons. The maximum absolute atomic E-state index is 5.97.